The van der Waals surface area contributed by atoms with E-state index in [9.17, 15) is 18.8 Å². The van der Waals surface area contributed by atoms with Gasteiger partial charge in [-0.3, -0.25) is 9.69 Å². The largest absolute Gasteiger partial charge is 0.467 e. The molecule has 1 fully saturated rings. The number of piperazine rings is 1. The molecule has 0 bridgehead atoms. The number of methoxy groups -OCH3 is 1. The van der Waals surface area contributed by atoms with Crippen LogP contribution in [0.5, 0.6) is 0 Å². The fourth-order valence-corrected chi connectivity index (χ4v) is 2.72. The van der Waals surface area contributed by atoms with E-state index in [-0.39, 0.29) is 38.6 Å². The van der Waals surface area contributed by atoms with Crippen molar-refractivity contribution in [1.29, 1.82) is 0 Å². The van der Waals surface area contributed by atoms with Crippen LogP contribution < -0.4 is 0 Å². The monoisotopic (exact) mass is 366 g/mol. The third kappa shape index (κ3) is 4.93. The maximum atomic E-state index is 13.5. The van der Waals surface area contributed by atoms with Crippen molar-refractivity contribution in [3.63, 3.8) is 0 Å². The van der Waals surface area contributed by atoms with Gasteiger partial charge in [0.05, 0.1) is 7.11 Å². The summed E-state index contributed by atoms with van der Waals surface area (Å²) in [6.45, 7) is 2.37. The van der Waals surface area contributed by atoms with Crippen molar-refractivity contribution >= 4 is 18.0 Å². The van der Waals surface area contributed by atoms with E-state index in [1.807, 2.05) is 30.3 Å². The second-order valence-electron chi connectivity index (χ2n) is 6.01. The molecule has 8 heteroatoms. The maximum Gasteiger partial charge on any atom is 0.410 e. The molecule has 1 aromatic carbocycles. The second-order valence-corrected chi connectivity index (χ2v) is 6.01. The molecule has 1 aliphatic rings. The van der Waals surface area contributed by atoms with Crippen LogP contribution in [-0.2, 0) is 25.7 Å². The minimum absolute atomic E-state index is 0.0896. The Morgan fingerprint density at radius 2 is 1.96 bits per heavy atom. The van der Waals surface area contributed by atoms with E-state index in [1.165, 1.54) is 9.80 Å². The first-order valence-corrected chi connectivity index (χ1v) is 8.42. The molecule has 0 N–H and O–H groups in total. The topological polar surface area (TPSA) is 76.2 Å². The lowest BCUT2D eigenvalue weighted by Crippen LogP contribution is -2.57. The predicted octanol–water partition coefficient (Wildman–Crippen LogP) is 1.76. The summed E-state index contributed by atoms with van der Waals surface area (Å²) in [5, 5.41) is 0. The summed E-state index contributed by atoms with van der Waals surface area (Å²) >= 11 is 0. The van der Waals surface area contributed by atoms with Gasteiger partial charge in [0.25, 0.3) is 0 Å². The first-order chi connectivity index (χ1) is 12.4. The fourth-order valence-electron chi connectivity index (χ4n) is 2.72. The number of esters is 1. The average Bonchev–Trinajstić information content (AvgIpc) is 2.67. The number of ether oxygens (including phenoxy) is 2. The van der Waals surface area contributed by atoms with Crippen molar-refractivity contribution in [3.05, 3.63) is 35.9 Å². The van der Waals surface area contributed by atoms with Gasteiger partial charge in [0.15, 0.2) is 6.17 Å². The van der Waals surface area contributed by atoms with Crippen molar-refractivity contribution in [2.45, 2.75) is 32.2 Å². The van der Waals surface area contributed by atoms with E-state index in [4.69, 9.17) is 4.74 Å². The normalized spacial score (nSPS) is 18.4. The van der Waals surface area contributed by atoms with Crippen molar-refractivity contribution in [2.24, 2.45) is 0 Å². The van der Waals surface area contributed by atoms with Crippen molar-refractivity contribution in [1.82, 2.24) is 9.80 Å². The molecule has 142 valence electrons. The third-order valence-electron chi connectivity index (χ3n) is 4.30. The smallest absolute Gasteiger partial charge is 0.410 e. The van der Waals surface area contributed by atoms with E-state index in [2.05, 4.69) is 4.74 Å². The van der Waals surface area contributed by atoms with Crippen LogP contribution in [-0.4, -0.2) is 66.7 Å². The zero-order chi connectivity index (χ0) is 19.1. The molecule has 2 atom stereocenters. The van der Waals surface area contributed by atoms with Crippen LogP contribution >= 0.6 is 0 Å². The summed E-state index contributed by atoms with van der Waals surface area (Å²) in [7, 11) is 1.11. The second kappa shape index (κ2) is 9.17. The molecule has 0 spiro atoms. The van der Waals surface area contributed by atoms with Crippen LogP contribution in [0.25, 0.3) is 0 Å². The highest BCUT2D eigenvalue weighted by Crippen LogP contribution is 2.15. The molecule has 0 aromatic heterocycles. The van der Waals surface area contributed by atoms with Gasteiger partial charge >= 0.3 is 12.1 Å². The van der Waals surface area contributed by atoms with Gasteiger partial charge in [0.1, 0.15) is 12.6 Å². The molecule has 26 heavy (non-hydrogen) atoms. The highest BCUT2D eigenvalue weighted by atomic mass is 19.1. The Bertz CT molecular complexity index is 640. The van der Waals surface area contributed by atoms with Crippen LogP contribution in [0.2, 0.25) is 0 Å². The molecule has 1 aliphatic heterocycles. The lowest BCUT2D eigenvalue weighted by Gasteiger charge is -2.38. The molecule has 0 radical (unpaired) electrons. The zero-order valence-corrected chi connectivity index (χ0v) is 14.9. The number of alkyl halides is 1. The highest BCUT2D eigenvalue weighted by molar-refractivity contribution is 5.86. The van der Waals surface area contributed by atoms with E-state index >= 15 is 0 Å². The minimum Gasteiger partial charge on any atom is -0.467 e. The van der Waals surface area contributed by atoms with Crippen LogP contribution in [0, 0.1) is 0 Å². The Morgan fingerprint density at radius 1 is 1.27 bits per heavy atom. The summed E-state index contributed by atoms with van der Waals surface area (Å²) in [6, 6.07) is 8.54. The van der Waals surface area contributed by atoms with E-state index in [0.717, 1.165) is 12.7 Å². The predicted molar refractivity (Wildman–Crippen MR) is 90.9 cm³/mol. The van der Waals surface area contributed by atoms with Gasteiger partial charge in [0, 0.05) is 26.1 Å². The Morgan fingerprint density at radius 3 is 2.62 bits per heavy atom. The van der Waals surface area contributed by atoms with Gasteiger partial charge in [-0.2, -0.15) is 0 Å². The van der Waals surface area contributed by atoms with Gasteiger partial charge < -0.3 is 14.4 Å². The summed E-state index contributed by atoms with van der Waals surface area (Å²) in [6.07, 6.45) is -2.46. The van der Waals surface area contributed by atoms with Crippen LogP contribution in [0.1, 0.15) is 18.9 Å². The number of hydrogen-bond acceptors (Lipinski definition) is 5. The summed E-state index contributed by atoms with van der Waals surface area (Å²) in [5.74, 6) is -1.25. The minimum atomic E-state index is -1.77. The third-order valence-corrected chi connectivity index (χ3v) is 4.30. The Balaban J connectivity index is 1.84. The Hall–Kier alpha value is -2.64. The average molecular weight is 366 g/mol. The SMILES string of the molecule is COC(=O)[C@@H](F)CCN1CCN(C(=O)OCc2ccccc2)[C@@H](C)C1=O. The fraction of sp³-hybridized carbons (Fsp3) is 0.500. The lowest BCUT2D eigenvalue weighted by atomic mass is 10.1. The standard InChI is InChI=1S/C18H23FN2O5/c1-13-16(22)20(9-8-15(19)17(23)25-2)10-11-21(13)18(24)26-12-14-6-4-3-5-7-14/h3-7,13,15H,8-12H2,1-2H3/t13-,15-/m0/s1. The number of nitrogens with zero attached hydrogens (tertiary/aromatic N) is 2. The first-order valence-electron chi connectivity index (χ1n) is 8.42. The number of halogens is 1. The molecule has 2 amide bonds. The molecule has 0 aliphatic carbocycles. The van der Waals surface area contributed by atoms with Crippen molar-refractivity contribution < 1.29 is 28.2 Å². The molecule has 1 aromatic rings. The first kappa shape index (κ1) is 19.7. The number of hydrogen-bond donors (Lipinski definition) is 0. The molecular formula is C18H23FN2O5. The molecule has 7 nitrogen and oxygen atoms in total. The number of carbonyl (C=O) groups excluding carboxylic acids is 3. The molecular weight excluding hydrogens is 343 g/mol. The van der Waals surface area contributed by atoms with Crippen molar-refractivity contribution in [3.8, 4) is 0 Å². The van der Waals surface area contributed by atoms with Crippen LogP contribution in [0.4, 0.5) is 9.18 Å². The Labute approximate surface area is 151 Å². The van der Waals surface area contributed by atoms with Gasteiger partial charge in [0.2, 0.25) is 5.91 Å². The maximum absolute atomic E-state index is 13.5. The van der Waals surface area contributed by atoms with E-state index in [1.54, 1.807) is 6.92 Å². The van der Waals surface area contributed by atoms with Gasteiger partial charge in [-0.25, -0.2) is 14.0 Å². The molecule has 0 saturated carbocycles. The molecule has 0 unspecified atom stereocenters. The summed E-state index contributed by atoms with van der Waals surface area (Å²) in [4.78, 5) is 38.5. The Kier molecular flexibility index (Phi) is 6.94. The van der Waals surface area contributed by atoms with E-state index < -0.39 is 24.3 Å². The molecule has 2 rings (SSSR count). The number of amides is 2. The summed E-state index contributed by atoms with van der Waals surface area (Å²) in [5.41, 5.74) is 0.857. The van der Waals surface area contributed by atoms with E-state index in [0.29, 0.717) is 0 Å². The summed E-state index contributed by atoms with van der Waals surface area (Å²) < 4.78 is 23.1. The molecule has 1 heterocycles. The number of carbonyl (C=O) groups is 3. The van der Waals surface area contributed by atoms with Gasteiger partial charge in [-0.1, -0.05) is 30.3 Å². The number of rotatable bonds is 6. The highest BCUT2D eigenvalue weighted by Gasteiger charge is 2.35. The van der Waals surface area contributed by atoms with Crippen LogP contribution in [0.15, 0.2) is 30.3 Å². The quantitative estimate of drug-likeness (QED) is 0.717. The van der Waals surface area contributed by atoms with Gasteiger partial charge in [-0.15, -0.1) is 0 Å². The lowest BCUT2D eigenvalue weighted by molar-refractivity contribution is -0.148. The molecule has 1 saturated heterocycles. The van der Waals surface area contributed by atoms with Crippen LogP contribution in [0.3, 0.4) is 0 Å². The van der Waals surface area contributed by atoms with Crippen molar-refractivity contribution in [2.75, 3.05) is 26.7 Å². The zero-order valence-electron chi connectivity index (χ0n) is 14.9. The van der Waals surface area contributed by atoms with Gasteiger partial charge in [-0.05, 0) is 12.5 Å². The number of benzene rings is 1.